The van der Waals surface area contributed by atoms with E-state index in [2.05, 4.69) is 15.6 Å². The number of thiophene rings is 1. The highest BCUT2D eigenvalue weighted by Gasteiger charge is 2.20. The van der Waals surface area contributed by atoms with Crippen molar-refractivity contribution in [2.75, 3.05) is 26.0 Å². The van der Waals surface area contributed by atoms with Gasteiger partial charge in [-0.3, -0.25) is 4.79 Å². The molecule has 1 aromatic carbocycles. The van der Waals surface area contributed by atoms with Gasteiger partial charge in [-0.2, -0.15) is 11.3 Å². The summed E-state index contributed by atoms with van der Waals surface area (Å²) in [4.78, 5) is 16.7. The Bertz CT molecular complexity index is 1060. The van der Waals surface area contributed by atoms with E-state index < -0.39 is 10.0 Å². The van der Waals surface area contributed by atoms with Gasteiger partial charge in [-0.05, 0) is 47.0 Å². The summed E-state index contributed by atoms with van der Waals surface area (Å²) in [5.74, 6) is -0.310. The van der Waals surface area contributed by atoms with Crippen LogP contribution in [0.5, 0.6) is 0 Å². The number of nitrogens with zero attached hydrogens (tertiary/aromatic N) is 3. The summed E-state index contributed by atoms with van der Waals surface area (Å²) in [5, 5.41) is 10.1. The molecular weight excluding hydrogens is 422 g/mol. The third-order valence-electron chi connectivity index (χ3n) is 4.46. The first-order valence-corrected chi connectivity index (χ1v) is 11.8. The summed E-state index contributed by atoms with van der Waals surface area (Å²) in [5.41, 5.74) is 1.97. The van der Waals surface area contributed by atoms with Gasteiger partial charge in [0.15, 0.2) is 0 Å². The van der Waals surface area contributed by atoms with Gasteiger partial charge in [0.05, 0.1) is 11.2 Å². The molecule has 0 unspecified atom stereocenters. The number of imidazole rings is 1. The van der Waals surface area contributed by atoms with Crippen LogP contribution >= 0.6 is 11.3 Å². The van der Waals surface area contributed by atoms with Crippen LogP contribution < -0.4 is 10.6 Å². The fraction of sp³-hybridized carbons (Fsp3) is 0.300. The van der Waals surface area contributed by atoms with Crippen LogP contribution in [0.4, 0.5) is 5.69 Å². The first-order valence-electron chi connectivity index (χ1n) is 9.43. The van der Waals surface area contributed by atoms with Crippen LogP contribution in [-0.2, 0) is 23.1 Å². The molecule has 1 amide bonds. The van der Waals surface area contributed by atoms with Crippen molar-refractivity contribution in [1.82, 2.24) is 19.2 Å². The van der Waals surface area contributed by atoms with Gasteiger partial charge in [-0.25, -0.2) is 17.7 Å². The summed E-state index contributed by atoms with van der Waals surface area (Å²) in [6.07, 6.45) is 6.03. The van der Waals surface area contributed by atoms with Crippen LogP contribution in [0.3, 0.4) is 0 Å². The van der Waals surface area contributed by atoms with E-state index in [1.54, 1.807) is 36.0 Å². The average molecular weight is 448 g/mol. The van der Waals surface area contributed by atoms with Crippen molar-refractivity contribution in [2.45, 2.75) is 24.4 Å². The third-order valence-corrected chi connectivity index (χ3v) is 6.99. The number of sulfonamides is 1. The van der Waals surface area contributed by atoms with Crippen molar-refractivity contribution in [3.63, 3.8) is 0 Å². The van der Waals surface area contributed by atoms with Crippen LogP contribution in [0.15, 0.2) is 58.6 Å². The maximum atomic E-state index is 12.7. The number of amides is 1. The van der Waals surface area contributed by atoms with E-state index >= 15 is 0 Å². The molecule has 3 rings (SSSR count). The van der Waals surface area contributed by atoms with E-state index in [0.717, 1.165) is 22.8 Å². The molecule has 30 heavy (non-hydrogen) atoms. The number of hydrogen-bond acceptors (Lipinski definition) is 6. The number of aromatic nitrogens is 2. The lowest BCUT2D eigenvalue weighted by Gasteiger charge is -2.15. The number of nitrogens with one attached hydrogen (secondary N) is 2. The zero-order valence-corrected chi connectivity index (χ0v) is 18.5. The Balaban J connectivity index is 1.73. The third kappa shape index (κ3) is 5.68. The first kappa shape index (κ1) is 22.0. The van der Waals surface area contributed by atoms with Gasteiger partial charge in [0.25, 0.3) is 5.91 Å². The molecular formula is C20H25N5O3S2. The topological polar surface area (TPSA) is 96.3 Å². The fourth-order valence-corrected chi connectivity index (χ4v) is 4.42. The van der Waals surface area contributed by atoms with Gasteiger partial charge in [0.1, 0.15) is 0 Å². The van der Waals surface area contributed by atoms with Crippen LogP contribution in [-0.4, -0.2) is 48.8 Å². The number of aryl methyl sites for hydroxylation is 1. The van der Waals surface area contributed by atoms with Gasteiger partial charge in [0.2, 0.25) is 10.0 Å². The molecule has 160 valence electrons. The van der Waals surface area contributed by atoms with Crippen molar-refractivity contribution < 1.29 is 13.2 Å². The zero-order chi connectivity index (χ0) is 21.6. The SMILES string of the molecule is CN(C)S(=O)(=O)c1cc(NCc2ccsc2)cc(C(=O)NCCCn2ccnc2)c1. The molecule has 0 radical (unpaired) electrons. The lowest BCUT2D eigenvalue weighted by molar-refractivity contribution is 0.0952. The van der Waals surface area contributed by atoms with E-state index in [1.165, 1.54) is 20.2 Å². The van der Waals surface area contributed by atoms with Crippen LogP contribution in [0, 0.1) is 0 Å². The summed E-state index contributed by atoms with van der Waals surface area (Å²) in [6, 6.07) is 6.63. The monoisotopic (exact) mass is 447 g/mol. The lowest BCUT2D eigenvalue weighted by Crippen LogP contribution is -2.26. The van der Waals surface area contributed by atoms with Gasteiger partial charge in [-0.1, -0.05) is 0 Å². The Kier molecular flexibility index (Phi) is 7.24. The first-order chi connectivity index (χ1) is 14.4. The van der Waals surface area contributed by atoms with Crippen molar-refractivity contribution in [2.24, 2.45) is 0 Å². The van der Waals surface area contributed by atoms with Crippen LogP contribution in [0.2, 0.25) is 0 Å². The maximum absolute atomic E-state index is 12.7. The second-order valence-corrected chi connectivity index (χ2v) is 9.86. The molecule has 2 heterocycles. The van der Waals surface area contributed by atoms with E-state index in [0.29, 0.717) is 24.3 Å². The largest absolute Gasteiger partial charge is 0.381 e. The highest BCUT2D eigenvalue weighted by atomic mass is 32.2. The smallest absolute Gasteiger partial charge is 0.251 e. The number of carbonyl (C=O) groups excluding carboxylic acids is 1. The minimum atomic E-state index is -3.68. The number of rotatable bonds is 10. The van der Waals surface area contributed by atoms with E-state index in [9.17, 15) is 13.2 Å². The van der Waals surface area contributed by atoms with Crippen molar-refractivity contribution in [3.05, 3.63) is 64.9 Å². The molecule has 0 fully saturated rings. The summed E-state index contributed by atoms with van der Waals surface area (Å²) >= 11 is 1.59. The van der Waals surface area contributed by atoms with Gasteiger partial charge in [-0.15, -0.1) is 0 Å². The summed E-state index contributed by atoms with van der Waals surface area (Å²) in [6.45, 7) is 1.75. The molecule has 0 saturated carbocycles. The Labute approximate surface area is 180 Å². The number of carbonyl (C=O) groups is 1. The second kappa shape index (κ2) is 9.88. The number of hydrogen-bond donors (Lipinski definition) is 2. The van der Waals surface area contributed by atoms with Crippen molar-refractivity contribution >= 4 is 33.0 Å². The highest BCUT2D eigenvalue weighted by molar-refractivity contribution is 7.89. The molecule has 8 nitrogen and oxygen atoms in total. The number of benzene rings is 1. The predicted molar refractivity (Wildman–Crippen MR) is 118 cm³/mol. The Hall–Kier alpha value is -2.69. The standard InChI is InChI=1S/C20H25N5O3S2/c1-24(2)30(27,28)19-11-17(10-18(12-19)23-13-16-4-9-29-14-16)20(26)22-5-3-7-25-8-6-21-15-25/h4,6,8-12,14-15,23H,3,5,7,13H2,1-2H3,(H,22,26). The van der Waals surface area contributed by atoms with Crippen molar-refractivity contribution in [3.8, 4) is 0 Å². The lowest BCUT2D eigenvalue weighted by atomic mass is 10.1. The van der Waals surface area contributed by atoms with Gasteiger partial charge < -0.3 is 15.2 Å². The number of anilines is 1. The van der Waals surface area contributed by atoms with E-state index in [-0.39, 0.29) is 10.8 Å². The van der Waals surface area contributed by atoms with E-state index in [1.807, 2.05) is 27.6 Å². The molecule has 0 spiro atoms. The molecule has 3 aromatic rings. The van der Waals surface area contributed by atoms with Crippen molar-refractivity contribution in [1.29, 1.82) is 0 Å². The Morgan fingerprint density at radius 3 is 2.77 bits per heavy atom. The van der Waals surface area contributed by atoms with Crippen LogP contribution in [0.25, 0.3) is 0 Å². The van der Waals surface area contributed by atoms with Gasteiger partial charge >= 0.3 is 0 Å². The van der Waals surface area contributed by atoms with E-state index in [4.69, 9.17) is 0 Å². The molecule has 10 heteroatoms. The Morgan fingerprint density at radius 1 is 1.27 bits per heavy atom. The molecule has 0 aliphatic carbocycles. The molecule has 0 atom stereocenters. The average Bonchev–Trinajstić information content (AvgIpc) is 3.43. The molecule has 0 bridgehead atoms. The zero-order valence-electron chi connectivity index (χ0n) is 16.9. The second-order valence-electron chi connectivity index (χ2n) is 6.93. The fourth-order valence-electron chi connectivity index (χ4n) is 2.77. The molecule has 0 aliphatic heterocycles. The molecule has 0 saturated heterocycles. The summed E-state index contributed by atoms with van der Waals surface area (Å²) < 4.78 is 28.4. The predicted octanol–water partition coefficient (Wildman–Crippen LogP) is 2.63. The molecule has 2 aromatic heterocycles. The Morgan fingerprint density at radius 2 is 2.10 bits per heavy atom. The quantitative estimate of drug-likeness (QED) is 0.466. The maximum Gasteiger partial charge on any atom is 0.251 e. The minimum Gasteiger partial charge on any atom is -0.381 e. The summed E-state index contributed by atoms with van der Waals surface area (Å²) in [7, 11) is -0.739. The van der Waals surface area contributed by atoms with Gasteiger partial charge in [0, 0.05) is 57.4 Å². The normalized spacial score (nSPS) is 11.6. The minimum absolute atomic E-state index is 0.0754. The molecule has 0 aliphatic rings. The molecule has 2 N–H and O–H groups in total. The highest BCUT2D eigenvalue weighted by Crippen LogP contribution is 2.22. The van der Waals surface area contributed by atoms with Crippen LogP contribution in [0.1, 0.15) is 22.3 Å².